The number of thiocarbonyl (C=S) groups is 1. The number of anilines is 1. The van der Waals surface area contributed by atoms with Gasteiger partial charge in [0.05, 0.1) is 24.3 Å². The molecule has 0 saturated carbocycles. The van der Waals surface area contributed by atoms with Crippen LogP contribution in [0.3, 0.4) is 0 Å². The number of nitrogens with zero attached hydrogens (tertiary/aromatic N) is 2. The van der Waals surface area contributed by atoms with Gasteiger partial charge in [0.1, 0.15) is 6.04 Å². The van der Waals surface area contributed by atoms with Crippen LogP contribution in [0.2, 0.25) is 0 Å². The lowest BCUT2D eigenvalue weighted by Crippen LogP contribution is -2.50. The van der Waals surface area contributed by atoms with Gasteiger partial charge < -0.3 is 20.3 Å². The number of aromatic nitrogens is 2. The van der Waals surface area contributed by atoms with Crippen LogP contribution in [0.5, 0.6) is 0 Å². The minimum Gasteiger partial charge on any atom is -0.480 e. The van der Waals surface area contributed by atoms with Crippen LogP contribution in [0.1, 0.15) is 11.4 Å². The minimum atomic E-state index is -0.902. The van der Waals surface area contributed by atoms with Crippen molar-refractivity contribution in [2.45, 2.75) is 19.0 Å². The van der Waals surface area contributed by atoms with E-state index in [0.29, 0.717) is 18.1 Å². The van der Waals surface area contributed by atoms with Gasteiger partial charge in [-0.2, -0.15) is 0 Å². The van der Waals surface area contributed by atoms with Gasteiger partial charge in [0.25, 0.3) is 0 Å². The Hall–Kier alpha value is -2.41. The molecule has 1 atom stereocenters. The molecular formula is C14H14N4O2S. The van der Waals surface area contributed by atoms with E-state index in [0.717, 1.165) is 17.1 Å². The monoisotopic (exact) mass is 302 g/mol. The second-order valence-corrected chi connectivity index (χ2v) is 5.20. The largest absolute Gasteiger partial charge is 0.480 e. The highest BCUT2D eigenvalue weighted by atomic mass is 32.1. The molecule has 0 bridgehead atoms. The molecule has 6 nitrogen and oxygen atoms in total. The van der Waals surface area contributed by atoms with Gasteiger partial charge in [0.15, 0.2) is 5.11 Å². The van der Waals surface area contributed by atoms with Crippen molar-refractivity contribution in [2.75, 3.05) is 5.32 Å². The second kappa shape index (κ2) is 5.53. The Bertz CT molecular complexity index is 671. The van der Waals surface area contributed by atoms with E-state index >= 15 is 0 Å². The number of aliphatic carboxylic acids is 1. The fourth-order valence-corrected chi connectivity index (χ4v) is 2.70. The summed E-state index contributed by atoms with van der Waals surface area (Å²) in [6.07, 6.45) is 1.92. The third-order valence-corrected chi connectivity index (χ3v) is 3.81. The van der Waals surface area contributed by atoms with Gasteiger partial charge in [0, 0.05) is 12.1 Å². The van der Waals surface area contributed by atoms with Crippen molar-refractivity contribution in [1.29, 1.82) is 0 Å². The number of para-hydroxylation sites is 1. The molecule has 0 fully saturated rings. The van der Waals surface area contributed by atoms with Gasteiger partial charge >= 0.3 is 5.97 Å². The molecule has 1 aliphatic heterocycles. The van der Waals surface area contributed by atoms with E-state index in [1.54, 1.807) is 11.2 Å². The number of carboxylic acid groups (broad SMARTS) is 1. The molecule has 3 rings (SSSR count). The molecule has 1 aromatic heterocycles. The van der Waals surface area contributed by atoms with Gasteiger partial charge in [-0.15, -0.1) is 0 Å². The van der Waals surface area contributed by atoms with Crippen LogP contribution >= 0.6 is 12.2 Å². The summed E-state index contributed by atoms with van der Waals surface area (Å²) >= 11 is 5.37. The maximum absolute atomic E-state index is 11.5. The average Bonchev–Trinajstić information content (AvgIpc) is 2.94. The maximum Gasteiger partial charge on any atom is 0.326 e. The summed E-state index contributed by atoms with van der Waals surface area (Å²) in [5.74, 6) is -0.902. The number of fused-ring (bicyclic) bond motifs is 1. The Labute approximate surface area is 126 Å². The van der Waals surface area contributed by atoms with Gasteiger partial charge in [-0.25, -0.2) is 9.78 Å². The zero-order valence-electron chi connectivity index (χ0n) is 11.1. The summed E-state index contributed by atoms with van der Waals surface area (Å²) in [4.78, 5) is 20.3. The van der Waals surface area contributed by atoms with Crippen molar-refractivity contribution >= 4 is 29.0 Å². The SMILES string of the molecule is O=C(O)C1Cc2nc[nH]c2CN1C(=S)Nc1ccccc1. The smallest absolute Gasteiger partial charge is 0.326 e. The molecule has 0 saturated heterocycles. The molecule has 0 radical (unpaired) electrons. The highest BCUT2D eigenvalue weighted by molar-refractivity contribution is 7.80. The molecule has 1 aliphatic rings. The quantitative estimate of drug-likeness (QED) is 0.731. The van der Waals surface area contributed by atoms with Crippen LogP contribution in [-0.4, -0.2) is 37.1 Å². The topological polar surface area (TPSA) is 81.2 Å². The molecule has 21 heavy (non-hydrogen) atoms. The van der Waals surface area contributed by atoms with Crippen molar-refractivity contribution in [3.05, 3.63) is 48.0 Å². The molecule has 7 heteroatoms. The lowest BCUT2D eigenvalue weighted by atomic mass is 10.0. The predicted octanol–water partition coefficient (Wildman–Crippen LogP) is 1.62. The third-order valence-electron chi connectivity index (χ3n) is 3.47. The van der Waals surface area contributed by atoms with E-state index in [9.17, 15) is 9.90 Å². The van der Waals surface area contributed by atoms with Crippen LogP contribution in [0, 0.1) is 0 Å². The van der Waals surface area contributed by atoms with Gasteiger partial charge in [-0.1, -0.05) is 18.2 Å². The number of imidazole rings is 1. The molecule has 2 aromatic rings. The Morgan fingerprint density at radius 1 is 1.43 bits per heavy atom. The molecule has 0 spiro atoms. The van der Waals surface area contributed by atoms with E-state index in [1.807, 2.05) is 30.3 Å². The van der Waals surface area contributed by atoms with Crippen LogP contribution in [0.15, 0.2) is 36.7 Å². The molecule has 0 amide bonds. The Morgan fingerprint density at radius 3 is 2.90 bits per heavy atom. The number of nitrogens with one attached hydrogen (secondary N) is 2. The van der Waals surface area contributed by atoms with Crippen molar-refractivity contribution in [3.63, 3.8) is 0 Å². The van der Waals surface area contributed by atoms with E-state index in [1.165, 1.54) is 0 Å². The molecule has 0 aliphatic carbocycles. The Kier molecular flexibility index (Phi) is 3.57. The molecule has 1 unspecified atom stereocenters. The molecule has 108 valence electrons. The first-order valence-corrected chi connectivity index (χ1v) is 6.92. The first kappa shape index (κ1) is 13.6. The average molecular weight is 302 g/mol. The Morgan fingerprint density at radius 2 is 2.19 bits per heavy atom. The number of hydrogen-bond acceptors (Lipinski definition) is 3. The van der Waals surface area contributed by atoms with E-state index in [-0.39, 0.29) is 0 Å². The number of carboxylic acids is 1. The lowest BCUT2D eigenvalue weighted by Gasteiger charge is -2.34. The number of H-pyrrole nitrogens is 1. The summed E-state index contributed by atoms with van der Waals surface area (Å²) in [7, 11) is 0. The number of hydrogen-bond donors (Lipinski definition) is 3. The number of aromatic amines is 1. The first-order chi connectivity index (χ1) is 10.1. The minimum absolute atomic E-state index is 0.338. The first-order valence-electron chi connectivity index (χ1n) is 6.52. The maximum atomic E-state index is 11.5. The third kappa shape index (κ3) is 2.73. The summed E-state index contributed by atoms with van der Waals surface area (Å²) in [5.41, 5.74) is 2.54. The van der Waals surface area contributed by atoms with Crippen LogP contribution in [0.25, 0.3) is 0 Å². The number of rotatable bonds is 2. The van der Waals surface area contributed by atoms with E-state index in [4.69, 9.17) is 12.2 Å². The fourth-order valence-electron chi connectivity index (χ4n) is 2.39. The zero-order chi connectivity index (χ0) is 14.8. The normalized spacial score (nSPS) is 17.1. The summed E-state index contributed by atoms with van der Waals surface area (Å²) in [6.45, 7) is 0.408. The van der Waals surface area contributed by atoms with Crippen molar-refractivity contribution < 1.29 is 9.90 Å². The fraction of sp³-hybridized carbons (Fsp3) is 0.214. The summed E-state index contributed by atoms with van der Waals surface area (Å²) < 4.78 is 0. The van der Waals surface area contributed by atoms with Crippen LogP contribution < -0.4 is 5.32 Å². The lowest BCUT2D eigenvalue weighted by molar-refractivity contribution is -0.142. The Balaban J connectivity index is 1.82. The number of benzene rings is 1. The predicted molar refractivity (Wildman–Crippen MR) is 81.9 cm³/mol. The highest BCUT2D eigenvalue weighted by Gasteiger charge is 2.34. The second-order valence-electron chi connectivity index (χ2n) is 4.81. The van der Waals surface area contributed by atoms with Crippen LogP contribution in [0.4, 0.5) is 5.69 Å². The van der Waals surface area contributed by atoms with Crippen molar-refractivity contribution in [2.24, 2.45) is 0 Å². The highest BCUT2D eigenvalue weighted by Crippen LogP contribution is 2.22. The zero-order valence-corrected chi connectivity index (χ0v) is 11.9. The molecule has 3 N–H and O–H groups in total. The van der Waals surface area contributed by atoms with E-state index < -0.39 is 12.0 Å². The van der Waals surface area contributed by atoms with Gasteiger partial charge in [0.2, 0.25) is 0 Å². The number of carbonyl (C=O) groups is 1. The van der Waals surface area contributed by atoms with Crippen molar-refractivity contribution in [3.8, 4) is 0 Å². The van der Waals surface area contributed by atoms with Crippen LogP contribution in [-0.2, 0) is 17.8 Å². The standard InChI is InChI=1S/C14H14N4O2S/c19-13(20)12-6-10-11(16-8-15-10)7-18(12)14(21)17-9-4-2-1-3-5-9/h1-5,8,12H,6-7H2,(H,15,16)(H,17,21)(H,19,20). The van der Waals surface area contributed by atoms with Gasteiger partial charge in [-0.05, 0) is 24.4 Å². The van der Waals surface area contributed by atoms with Crippen molar-refractivity contribution in [1.82, 2.24) is 14.9 Å². The summed E-state index contributed by atoms with van der Waals surface area (Å²) in [6, 6.07) is 8.75. The molecule has 1 aromatic carbocycles. The van der Waals surface area contributed by atoms with Gasteiger partial charge in [-0.3, -0.25) is 0 Å². The molecule has 2 heterocycles. The molecular weight excluding hydrogens is 288 g/mol. The summed E-state index contributed by atoms with van der Waals surface area (Å²) in [5, 5.41) is 12.9. The van der Waals surface area contributed by atoms with E-state index in [2.05, 4.69) is 15.3 Å².